The number of anilines is 2. The van der Waals surface area contributed by atoms with Crippen LogP contribution in [0, 0.1) is 18.3 Å². The minimum atomic E-state index is -0.424. The first kappa shape index (κ1) is 20.5. The number of amides is 1. The highest BCUT2D eigenvalue weighted by molar-refractivity contribution is 5.90. The van der Waals surface area contributed by atoms with Crippen molar-refractivity contribution in [2.24, 2.45) is 0 Å². The first-order valence-corrected chi connectivity index (χ1v) is 10.6. The molecule has 0 bridgehead atoms. The van der Waals surface area contributed by atoms with Crippen molar-refractivity contribution in [1.82, 2.24) is 19.2 Å². The number of aryl methyl sites for hydroxylation is 1. The fourth-order valence-electron chi connectivity index (χ4n) is 4.12. The molecule has 9 nitrogen and oxygen atoms in total. The molecule has 0 aliphatic carbocycles. The van der Waals surface area contributed by atoms with Gasteiger partial charge in [-0.1, -0.05) is 30.3 Å². The van der Waals surface area contributed by atoms with E-state index in [1.165, 1.54) is 15.5 Å². The van der Waals surface area contributed by atoms with Gasteiger partial charge in [-0.15, -0.1) is 5.10 Å². The summed E-state index contributed by atoms with van der Waals surface area (Å²) in [6, 6.07) is 18.6. The zero-order valence-corrected chi connectivity index (χ0v) is 18.0. The van der Waals surface area contributed by atoms with Crippen LogP contribution >= 0.6 is 0 Å². The van der Waals surface area contributed by atoms with E-state index >= 15 is 0 Å². The van der Waals surface area contributed by atoms with Gasteiger partial charge in [-0.3, -0.25) is 4.79 Å². The second-order valence-corrected chi connectivity index (χ2v) is 8.01. The first-order chi connectivity index (χ1) is 16.0. The Balaban J connectivity index is 1.45. The van der Waals surface area contributed by atoms with Crippen molar-refractivity contribution < 1.29 is 4.79 Å². The van der Waals surface area contributed by atoms with E-state index in [-0.39, 0.29) is 6.54 Å². The van der Waals surface area contributed by atoms with E-state index in [1.807, 2.05) is 25.1 Å². The van der Waals surface area contributed by atoms with E-state index < -0.39 is 11.6 Å². The molecule has 0 atom stereocenters. The van der Waals surface area contributed by atoms with Crippen molar-refractivity contribution in [3.8, 4) is 6.07 Å². The van der Waals surface area contributed by atoms with E-state index in [4.69, 9.17) is 5.26 Å². The quantitative estimate of drug-likeness (QED) is 0.523. The normalized spacial score (nSPS) is 12.9. The van der Waals surface area contributed by atoms with Crippen LogP contribution in [0.25, 0.3) is 5.65 Å². The fraction of sp³-hybridized carbons (Fsp3) is 0.208. The lowest BCUT2D eigenvalue weighted by Gasteiger charge is -2.29. The monoisotopic (exact) mass is 439 g/mol. The summed E-state index contributed by atoms with van der Waals surface area (Å²) in [7, 11) is 0. The molecule has 2 aromatic heterocycles. The molecule has 9 heteroatoms. The minimum absolute atomic E-state index is 0.251. The van der Waals surface area contributed by atoms with Gasteiger partial charge < -0.3 is 10.2 Å². The van der Waals surface area contributed by atoms with Crippen molar-refractivity contribution >= 4 is 23.2 Å². The van der Waals surface area contributed by atoms with Gasteiger partial charge in [0.05, 0.1) is 11.6 Å². The van der Waals surface area contributed by atoms with Gasteiger partial charge in [0.15, 0.2) is 5.65 Å². The topological polar surface area (TPSA) is 108 Å². The van der Waals surface area contributed by atoms with Gasteiger partial charge in [0.2, 0.25) is 11.9 Å². The number of rotatable bonds is 4. The summed E-state index contributed by atoms with van der Waals surface area (Å²) in [6.45, 7) is 2.99. The molecule has 1 N–H and O–H groups in total. The smallest absolute Gasteiger partial charge is 0.337 e. The fourth-order valence-corrected chi connectivity index (χ4v) is 4.12. The van der Waals surface area contributed by atoms with Gasteiger partial charge in [0.1, 0.15) is 6.54 Å². The number of benzene rings is 2. The van der Waals surface area contributed by atoms with Crippen LogP contribution in [-0.2, 0) is 24.3 Å². The largest absolute Gasteiger partial charge is 0.353 e. The number of nitrogens with zero attached hydrogens (tertiary/aromatic N) is 6. The van der Waals surface area contributed by atoms with Crippen molar-refractivity contribution in [3.05, 3.63) is 87.5 Å². The van der Waals surface area contributed by atoms with Gasteiger partial charge in [-0.05, 0) is 42.7 Å². The minimum Gasteiger partial charge on any atom is -0.337 e. The molecule has 1 aliphatic heterocycles. The van der Waals surface area contributed by atoms with Crippen molar-refractivity contribution in [1.29, 1.82) is 5.26 Å². The van der Waals surface area contributed by atoms with E-state index in [9.17, 15) is 9.59 Å². The highest BCUT2D eigenvalue weighted by atomic mass is 16.2. The van der Waals surface area contributed by atoms with Crippen LogP contribution in [0.15, 0.2) is 59.4 Å². The first-order valence-electron chi connectivity index (χ1n) is 10.6. The Kier molecular flexibility index (Phi) is 5.11. The van der Waals surface area contributed by atoms with Crippen LogP contribution in [0.2, 0.25) is 0 Å². The maximum atomic E-state index is 13.2. The molecule has 33 heavy (non-hydrogen) atoms. The summed E-state index contributed by atoms with van der Waals surface area (Å²) in [5.41, 5.74) is 4.20. The molecule has 1 aliphatic rings. The average molecular weight is 439 g/mol. The van der Waals surface area contributed by atoms with Crippen molar-refractivity contribution in [2.75, 3.05) is 16.8 Å². The Bertz CT molecular complexity index is 1480. The summed E-state index contributed by atoms with van der Waals surface area (Å²) >= 11 is 0. The van der Waals surface area contributed by atoms with Gasteiger partial charge >= 0.3 is 5.69 Å². The Morgan fingerprint density at radius 2 is 1.97 bits per heavy atom. The number of nitrogens with one attached hydrogen (secondary N) is 1. The third-order valence-electron chi connectivity index (χ3n) is 5.66. The lowest BCUT2D eigenvalue weighted by molar-refractivity contribution is -0.117. The maximum absolute atomic E-state index is 13.2. The molecule has 0 spiro atoms. The third kappa shape index (κ3) is 3.94. The Labute approximate surface area is 189 Å². The highest BCUT2D eigenvalue weighted by Gasteiger charge is 2.22. The number of aromatic nitrogens is 4. The Morgan fingerprint density at radius 3 is 2.79 bits per heavy atom. The highest BCUT2D eigenvalue weighted by Crippen LogP contribution is 2.23. The van der Waals surface area contributed by atoms with Crippen molar-refractivity contribution in [3.63, 3.8) is 0 Å². The average Bonchev–Trinajstić information content (AvgIpc) is 3.12. The molecule has 2 aromatic carbocycles. The van der Waals surface area contributed by atoms with Gasteiger partial charge in [-0.2, -0.15) is 5.26 Å². The number of hydrogen-bond donors (Lipinski definition) is 1. The van der Waals surface area contributed by atoms with E-state index in [0.29, 0.717) is 29.4 Å². The summed E-state index contributed by atoms with van der Waals surface area (Å²) in [5, 5.41) is 16.1. The van der Waals surface area contributed by atoms with Crippen molar-refractivity contribution in [2.45, 2.75) is 26.4 Å². The molecule has 0 saturated heterocycles. The van der Waals surface area contributed by atoms with E-state index in [0.717, 1.165) is 23.3 Å². The second-order valence-electron chi connectivity index (χ2n) is 8.01. The molecule has 164 valence electrons. The number of nitriles is 1. The Hall–Kier alpha value is -4.45. The molecular weight excluding hydrogens is 418 g/mol. The molecular formula is C24H21N7O2. The number of carbonyl (C=O) groups is 1. The van der Waals surface area contributed by atoms with Crippen LogP contribution in [0.4, 0.5) is 11.6 Å². The van der Waals surface area contributed by atoms with Crippen LogP contribution in [-0.4, -0.2) is 31.6 Å². The molecule has 0 saturated carbocycles. The summed E-state index contributed by atoms with van der Waals surface area (Å²) in [5.74, 6) is 0.117. The zero-order valence-electron chi connectivity index (χ0n) is 18.0. The number of fused-ring (bicyclic) bond motifs is 2. The SMILES string of the molecule is Cc1cc2nn(CC(=O)Nc3cccc(C#N)c3)c(=O)n2c(N2CCc3ccccc3C2)n1. The van der Waals surface area contributed by atoms with E-state index in [2.05, 4.69) is 32.4 Å². The lowest BCUT2D eigenvalue weighted by atomic mass is 10.0. The maximum Gasteiger partial charge on any atom is 0.353 e. The van der Waals surface area contributed by atoms with Gasteiger partial charge in [0.25, 0.3) is 0 Å². The second kappa shape index (κ2) is 8.24. The van der Waals surface area contributed by atoms with E-state index in [1.54, 1.807) is 30.3 Å². The van der Waals surface area contributed by atoms with Crippen LogP contribution in [0.5, 0.6) is 0 Å². The summed E-state index contributed by atoms with van der Waals surface area (Å²) in [4.78, 5) is 32.5. The van der Waals surface area contributed by atoms with Gasteiger partial charge in [-0.25, -0.2) is 18.9 Å². The predicted molar refractivity (Wildman–Crippen MR) is 123 cm³/mol. The number of hydrogen-bond acceptors (Lipinski definition) is 6. The summed E-state index contributed by atoms with van der Waals surface area (Å²) < 4.78 is 2.60. The third-order valence-corrected chi connectivity index (χ3v) is 5.66. The van der Waals surface area contributed by atoms with Crippen LogP contribution in [0.3, 0.4) is 0 Å². The molecule has 1 amide bonds. The zero-order chi connectivity index (χ0) is 22.9. The molecule has 0 unspecified atom stereocenters. The van der Waals surface area contributed by atoms with Gasteiger partial charge in [0, 0.05) is 30.5 Å². The standard InChI is InChI=1S/C24H21N7O2/c1-16-11-21-28-30(15-22(32)27-20-8-4-5-17(12-20)13-25)24(33)31(21)23(26-16)29-10-9-18-6-2-3-7-19(18)14-29/h2-8,11-12H,9-10,14-15H2,1H3,(H,27,32). The summed E-state index contributed by atoms with van der Waals surface area (Å²) in [6.07, 6.45) is 0.861. The van der Waals surface area contributed by atoms with Crippen LogP contribution in [0.1, 0.15) is 22.4 Å². The molecule has 0 fully saturated rings. The molecule has 0 radical (unpaired) electrons. The molecule has 3 heterocycles. The van der Waals surface area contributed by atoms with Crippen LogP contribution < -0.4 is 15.9 Å². The Morgan fingerprint density at radius 1 is 1.15 bits per heavy atom. The predicted octanol–water partition coefficient (Wildman–Crippen LogP) is 2.27. The lowest BCUT2D eigenvalue weighted by Crippen LogP contribution is -2.35. The number of carbonyl (C=O) groups excluding carboxylic acids is 1. The molecule has 5 rings (SSSR count). The molecule has 4 aromatic rings.